The summed E-state index contributed by atoms with van der Waals surface area (Å²) in [5, 5.41) is 0. The average Bonchev–Trinajstić information content (AvgIpc) is 2.78. The SMILES string of the molecule is NNC(CC1CCOC1)c1cccc(F)c1. The third-order valence-corrected chi connectivity index (χ3v) is 3.05. The molecule has 88 valence electrons. The molecule has 0 aliphatic carbocycles. The molecule has 0 aromatic heterocycles. The maximum Gasteiger partial charge on any atom is 0.123 e. The van der Waals surface area contributed by atoms with Crippen LogP contribution in [-0.2, 0) is 4.74 Å². The van der Waals surface area contributed by atoms with Crippen molar-refractivity contribution in [2.75, 3.05) is 13.2 Å². The fraction of sp³-hybridized carbons (Fsp3) is 0.500. The van der Waals surface area contributed by atoms with Gasteiger partial charge in [0.25, 0.3) is 0 Å². The second kappa shape index (κ2) is 5.39. The van der Waals surface area contributed by atoms with Crippen molar-refractivity contribution in [1.82, 2.24) is 5.43 Å². The van der Waals surface area contributed by atoms with E-state index in [9.17, 15) is 4.39 Å². The van der Waals surface area contributed by atoms with Crippen LogP contribution in [0.2, 0.25) is 0 Å². The molecule has 1 aromatic rings. The summed E-state index contributed by atoms with van der Waals surface area (Å²) < 4.78 is 18.4. The number of nitrogens with two attached hydrogens (primary N) is 1. The van der Waals surface area contributed by atoms with Crippen LogP contribution in [0.25, 0.3) is 0 Å². The van der Waals surface area contributed by atoms with Gasteiger partial charge < -0.3 is 4.74 Å². The number of ether oxygens (including phenoxy) is 1. The second-order valence-corrected chi connectivity index (χ2v) is 4.24. The van der Waals surface area contributed by atoms with Crippen LogP contribution in [0, 0.1) is 11.7 Å². The summed E-state index contributed by atoms with van der Waals surface area (Å²) in [4.78, 5) is 0. The molecule has 0 saturated carbocycles. The quantitative estimate of drug-likeness (QED) is 0.605. The van der Waals surface area contributed by atoms with Gasteiger partial charge >= 0.3 is 0 Å². The highest BCUT2D eigenvalue weighted by Crippen LogP contribution is 2.26. The molecule has 0 bridgehead atoms. The van der Waals surface area contributed by atoms with E-state index in [1.54, 1.807) is 6.07 Å². The van der Waals surface area contributed by atoms with Crippen LogP contribution in [0.1, 0.15) is 24.4 Å². The zero-order chi connectivity index (χ0) is 11.4. The molecule has 3 nitrogen and oxygen atoms in total. The molecule has 3 N–H and O–H groups in total. The minimum atomic E-state index is -0.222. The van der Waals surface area contributed by atoms with Crippen LogP contribution in [0.5, 0.6) is 0 Å². The third-order valence-electron chi connectivity index (χ3n) is 3.05. The van der Waals surface area contributed by atoms with Gasteiger partial charge in [-0.1, -0.05) is 12.1 Å². The fourth-order valence-electron chi connectivity index (χ4n) is 2.13. The molecule has 4 heteroatoms. The molecule has 1 aliphatic heterocycles. The lowest BCUT2D eigenvalue weighted by Gasteiger charge is -2.19. The van der Waals surface area contributed by atoms with Crippen molar-refractivity contribution in [3.63, 3.8) is 0 Å². The van der Waals surface area contributed by atoms with Crippen LogP contribution in [0.4, 0.5) is 4.39 Å². The van der Waals surface area contributed by atoms with Crippen LogP contribution in [0.3, 0.4) is 0 Å². The van der Waals surface area contributed by atoms with Gasteiger partial charge in [-0.25, -0.2) is 4.39 Å². The highest BCUT2D eigenvalue weighted by atomic mass is 19.1. The van der Waals surface area contributed by atoms with Crippen molar-refractivity contribution >= 4 is 0 Å². The smallest absolute Gasteiger partial charge is 0.123 e. The Kier molecular flexibility index (Phi) is 3.88. The molecule has 0 radical (unpaired) electrons. The van der Waals surface area contributed by atoms with Crippen LogP contribution >= 0.6 is 0 Å². The number of hydrogen-bond donors (Lipinski definition) is 2. The molecular formula is C12H17FN2O. The Labute approximate surface area is 94.8 Å². The van der Waals surface area contributed by atoms with Crippen LogP contribution < -0.4 is 11.3 Å². The summed E-state index contributed by atoms with van der Waals surface area (Å²) in [6, 6.07) is 6.57. The maximum absolute atomic E-state index is 13.1. The fourth-order valence-corrected chi connectivity index (χ4v) is 2.13. The standard InChI is InChI=1S/C12H17FN2O/c13-11-3-1-2-10(7-11)12(15-14)6-9-4-5-16-8-9/h1-3,7,9,12,15H,4-6,8,14H2. The Bertz CT molecular complexity index is 340. The molecule has 2 rings (SSSR count). The summed E-state index contributed by atoms with van der Waals surface area (Å²) >= 11 is 0. The van der Waals surface area contributed by atoms with Gasteiger partial charge in [-0.15, -0.1) is 0 Å². The average molecular weight is 224 g/mol. The Hall–Kier alpha value is -0.970. The monoisotopic (exact) mass is 224 g/mol. The Balaban J connectivity index is 2.03. The lowest BCUT2D eigenvalue weighted by atomic mass is 9.94. The van der Waals surface area contributed by atoms with Gasteiger partial charge in [0.1, 0.15) is 5.82 Å². The lowest BCUT2D eigenvalue weighted by molar-refractivity contribution is 0.181. The molecule has 2 unspecified atom stereocenters. The van der Waals surface area contributed by atoms with Crippen LogP contribution in [0.15, 0.2) is 24.3 Å². The van der Waals surface area contributed by atoms with E-state index >= 15 is 0 Å². The first kappa shape index (κ1) is 11.5. The van der Waals surface area contributed by atoms with Crippen molar-refractivity contribution in [3.05, 3.63) is 35.6 Å². The van der Waals surface area contributed by atoms with Crippen molar-refractivity contribution in [2.24, 2.45) is 11.8 Å². The minimum Gasteiger partial charge on any atom is -0.381 e. The van der Waals surface area contributed by atoms with Crippen molar-refractivity contribution in [2.45, 2.75) is 18.9 Å². The molecule has 1 aromatic carbocycles. The van der Waals surface area contributed by atoms with Gasteiger partial charge in [0, 0.05) is 19.3 Å². The van der Waals surface area contributed by atoms with E-state index in [4.69, 9.17) is 10.6 Å². The highest BCUT2D eigenvalue weighted by molar-refractivity contribution is 5.20. The second-order valence-electron chi connectivity index (χ2n) is 4.24. The molecule has 0 amide bonds. The number of halogens is 1. The van der Waals surface area contributed by atoms with E-state index in [1.165, 1.54) is 12.1 Å². The first-order valence-corrected chi connectivity index (χ1v) is 5.59. The Morgan fingerprint density at radius 3 is 3.06 bits per heavy atom. The zero-order valence-corrected chi connectivity index (χ0v) is 9.16. The van der Waals surface area contributed by atoms with Gasteiger partial charge in [0.05, 0.1) is 0 Å². The van der Waals surface area contributed by atoms with Gasteiger partial charge in [0.2, 0.25) is 0 Å². The van der Waals surface area contributed by atoms with Crippen molar-refractivity contribution in [3.8, 4) is 0 Å². The van der Waals surface area contributed by atoms with E-state index in [0.29, 0.717) is 5.92 Å². The maximum atomic E-state index is 13.1. The highest BCUT2D eigenvalue weighted by Gasteiger charge is 2.21. The molecule has 0 spiro atoms. The summed E-state index contributed by atoms with van der Waals surface area (Å²) in [5.74, 6) is 5.82. The van der Waals surface area contributed by atoms with Crippen molar-refractivity contribution < 1.29 is 9.13 Å². The van der Waals surface area contributed by atoms with Gasteiger partial charge in [0.15, 0.2) is 0 Å². The molecule has 1 saturated heterocycles. The molecule has 1 heterocycles. The summed E-state index contributed by atoms with van der Waals surface area (Å²) in [6.07, 6.45) is 1.95. The molecule has 2 atom stereocenters. The van der Waals surface area contributed by atoms with E-state index in [0.717, 1.165) is 31.6 Å². The van der Waals surface area contributed by atoms with E-state index in [2.05, 4.69) is 5.43 Å². The van der Waals surface area contributed by atoms with Gasteiger partial charge in [-0.2, -0.15) is 0 Å². The lowest BCUT2D eigenvalue weighted by Crippen LogP contribution is -2.29. The number of hydrazine groups is 1. The largest absolute Gasteiger partial charge is 0.381 e. The number of hydrogen-bond acceptors (Lipinski definition) is 3. The van der Waals surface area contributed by atoms with Crippen LogP contribution in [-0.4, -0.2) is 13.2 Å². The van der Waals surface area contributed by atoms with Gasteiger partial charge in [-0.05, 0) is 36.5 Å². The zero-order valence-electron chi connectivity index (χ0n) is 9.16. The van der Waals surface area contributed by atoms with E-state index < -0.39 is 0 Å². The van der Waals surface area contributed by atoms with Gasteiger partial charge in [-0.3, -0.25) is 11.3 Å². The first-order chi connectivity index (χ1) is 7.79. The number of rotatable bonds is 4. The Morgan fingerprint density at radius 1 is 1.56 bits per heavy atom. The summed E-state index contributed by atoms with van der Waals surface area (Å²) in [6.45, 7) is 1.61. The molecule has 1 fully saturated rings. The van der Waals surface area contributed by atoms with E-state index in [-0.39, 0.29) is 11.9 Å². The summed E-state index contributed by atoms with van der Waals surface area (Å²) in [7, 11) is 0. The predicted molar refractivity (Wildman–Crippen MR) is 60.0 cm³/mol. The number of nitrogens with one attached hydrogen (secondary N) is 1. The van der Waals surface area contributed by atoms with E-state index in [1.807, 2.05) is 6.07 Å². The topological polar surface area (TPSA) is 47.3 Å². The molecule has 1 aliphatic rings. The van der Waals surface area contributed by atoms with Crippen molar-refractivity contribution in [1.29, 1.82) is 0 Å². The minimum absolute atomic E-state index is 0.00222. The normalized spacial score (nSPS) is 22.2. The summed E-state index contributed by atoms with van der Waals surface area (Å²) in [5.41, 5.74) is 3.65. The third kappa shape index (κ3) is 2.78. The Morgan fingerprint density at radius 2 is 2.44 bits per heavy atom. The molecule has 16 heavy (non-hydrogen) atoms. The predicted octanol–water partition coefficient (Wildman–Crippen LogP) is 1.76. The molecular weight excluding hydrogens is 207 g/mol. The first-order valence-electron chi connectivity index (χ1n) is 5.59. The number of benzene rings is 1.